The van der Waals surface area contributed by atoms with Gasteiger partial charge in [-0.15, -0.1) is 0 Å². The summed E-state index contributed by atoms with van der Waals surface area (Å²) in [6.07, 6.45) is 3.35. The van der Waals surface area contributed by atoms with E-state index >= 15 is 0 Å². The largest absolute Gasteiger partial charge is 0.444 e. The molecule has 2 aliphatic heterocycles. The topological polar surface area (TPSA) is 94.1 Å². The highest BCUT2D eigenvalue weighted by Gasteiger charge is 2.44. The Morgan fingerprint density at radius 1 is 1.15 bits per heavy atom. The third kappa shape index (κ3) is 5.16. The second-order valence-electron chi connectivity index (χ2n) is 9.78. The minimum absolute atomic E-state index is 0.0403. The first kappa shape index (κ1) is 24.4. The molecule has 1 aromatic heterocycles. The lowest BCUT2D eigenvalue weighted by atomic mass is 9.98. The van der Waals surface area contributed by atoms with Gasteiger partial charge in [0, 0.05) is 31.4 Å². The Morgan fingerprint density at radius 3 is 2.38 bits per heavy atom. The van der Waals surface area contributed by atoms with Gasteiger partial charge in [0.25, 0.3) is 0 Å². The third-order valence-electron chi connectivity index (χ3n) is 7.04. The fourth-order valence-corrected chi connectivity index (χ4v) is 4.75. The minimum atomic E-state index is -1.44. The number of carbonyl (C=O) groups is 1. The molecular weight excluding hydrogens is 432 g/mol. The highest BCUT2D eigenvalue weighted by Crippen LogP contribution is 2.29. The van der Waals surface area contributed by atoms with Crippen molar-refractivity contribution in [1.82, 2.24) is 19.8 Å². The molecule has 1 amide bonds. The first-order valence-corrected chi connectivity index (χ1v) is 11.9. The van der Waals surface area contributed by atoms with E-state index < -0.39 is 11.8 Å². The van der Waals surface area contributed by atoms with Crippen molar-refractivity contribution >= 4 is 17.9 Å². The molecule has 9 nitrogen and oxygen atoms in total. The van der Waals surface area contributed by atoms with Crippen LogP contribution in [0.15, 0.2) is 36.5 Å². The number of anilines is 2. The van der Waals surface area contributed by atoms with E-state index in [4.69, 9.17) is 4.74 Å². The molecule has 184 valence electrons. The van der Waals surface area contributed by atoms with Gasteiger partial charge >= 0.3 is 6.09 Å². The Bertz CT molecular complexity index is 988. The number of hydrogen-bond acceptors (Lipinski definition) is 8. The molecule has 2 fully saturated rings. The zero-order valence-corrected chi connectivity index (χ0v) is 20.7. The maximum Gasteiger partial charge on any atom is 0.418 e. The summed E-state index contributed by atoms with van der Waals surface area (Å²) in [5.41, 5.74) is 0.985. The van der Waals surface area contributed by atoms with Crippen LogP contribution in [0.25, 0.3) is 0 Å². The smallest absolute Gasteiger partial charge is 0.418 e. The predicted molar refractivity (Wildman–Crippen MR) is 132 cm³/mol. The van der Waals surface area contributed by atoms with Crippen molar-refractivity contribution in [3.8, 4) is 0 Å². The van der Waals surface area contributed by atoms with Crippen LogP contribution < -0.4 is 10.2 Å². The number of piperidine rings is 1. The third-order valence-corrected chi connectivity index (χ3v) is 7.04. The van der Waals surface area contributed by atoms with E-state index in [1.54, 1.807) is 12.3 Å². The Labute approximate surface area is 201 Å². The fourth-order valence-electron chi connectivity index (χ4n) is 4.75. The molecule has 1 aromatic carbocycles. The van der Waals surface area contributed by atoms with Crippen molar-refractivity contribution in [2.75, 3.05) is 44.0 Å². The average molecular weight is 469 g/mol. The van der Waals surface area contributed by atoms with Crippen molar-refractivity contribution in [3.63, 3.8) is 0 Å². The Morgan fingerprint density at radius 2 is 1.79 bits per heavy atom. The van der Waals surface area contributed by atoms with Gasteiger partial charge in [0.05, 0.1) is 6.04 Å². The number of rotatable bonds is 7. The second kappa shape index (κ2) is 9.85. The highest BCUT2D eigenvalue weighted by atomic mass is 16.6. The van der Waals surface area contributed by atoms with Crippen LogP contribution in [0, 0.1) is 0 Å². The molecule has 2 N–H and O–H groups in total. The van der Waals surface area contributed by atoms with Gasteiger partial charge in [-0.3, -0.25) is 4.90 Å². The van der Waals surface area contributed by atoms with Crippen LogP contribution in [-0.4, -0.2) is 76.5 Å². The number of nitrogens with zero attached hydrogens (tertiary/aromatic N) is 5. The van der Waals surface area contributed by atoms with Crippen LogP contribution >= 0.6 is 0 Å². The van der Waals surface area contributed by atoms with E-state index in [1.165, 1.54) is 25.3 Å². The van der Waals surface area contributed by atoms with E-state index in [-0.39, 0.29) is 12.6 Å². The number of ether oxygens (including phenoxy) is 1. The molecule has 0 bridgehead atoms. The van der Waals surface area contributed by atoms with E-state index in [0.29, 0.717) is 23.8 Å². The number of cyclic esters (lactones) is 1. The molecule has 1 unspecified atom stereocenters. The van der Waals surface area contributed by atoms with Gasteiger partial charge in [0.15, 0.2) is 5.72 Å². The van der Waals surface area contributed by atoms with Crippen LogP contribution in [0.1, 0.15) is 56.8 Å². The molecule has 34 heavy (non-hydrogen) atoms. The summed E-state index contributed by atoms with van der Waals surface area (Å²) in [5.74, 6) is 0.668. The molecule has 2 aromatic rings. The van der Waals surface area contributed by atoms with Crippen LogP contribution in [0.2, 0.25) is 0 Å². The molecule has 2 aliphatic rings. The summed E-state index contributed by atoms with van der Waals surface area (Å²) >= 11 is 0. The predicted octanol–water partition coefficient (Wildman–Crippen LogP) is 3.40. The fraction of sp³-hybridized carbons (Fsp3) is 0.560. The number of benzene rings is 1. The van der Waals surface area contributed by atoms with Crippen molar-refractivity contribution in [3.05, 3.63) is 47.7 Å². The zero-order chi connectivity index (χ0) is 24.5. The monoisotopic (exact) mass is 468 g/mol. The number of amides is 1. The SMILES string of the molecule is CC(c1ccc([C@H](C)Nc2nccc(N3C(=O)OC[C@]3(C)O)n2)cc1)N1CCC(N(C)C)CC1. The second-order valence-corrected chi connectivity index (χ2v) is 9.78. The van der Waals surface area contributed by atoms with Gasteiger partial charge in [-0.05, 0) is 64.9 Å². The highest BCUT2D eigenvalue weighted by molar-refractivity contribution is 5.89. The maximum atomic E-state index is 12.0. The van der Waals surface area contributed by atoms with Gasteiger partial charge < -0.3 is 20.1 Å². The Hall–Kier alpha value is -2.75. The van der Waals surface area contributed by atoms with E-state index in [2.05, 4.69) is 70.4 Å². The van der Waals surface area contributed by atoms with E-state index in [0.717, 1.165) is 23.6 Å². The lowest BCUT2D eigenvalue weighted by molar-refractivity contribution is 0.0475. The first-order valence-electron chi connectivity index (χ1n) is 11.9. The van der Waals surface area contributed by atoms with E-state index in [1.807, 2.05) is 6.92 Å². The molecule has 0 aliphatic carbocycles. The lowest BCUT2D eigenvalue weighted by Gasteiger charge is -2.38. The number of hydrogen-bond donors (Lipinski definition) is 2. The van der Waals surface area contributed by atoms with Gasteiger partial charge in [0.2, 0.25) is 5.95 Å². The van der Waals surface area contributed by atoms with Crippen LogP contribution in [0.4, 0.5) is 16.6 Å². The van der Waals surface area contributed by atoms with Crippen LogP contribution in [0.5, 0.6) is 0 Å². The van der Waals surface area contributed by atoms with Crippen molar-refractivity contribution in [2.24, 2.45) is 0 Å². The summed E-state index contributed by atoms with van der Waals surface area (Å²) in [6.45, 7) is 7.98. The molecule has 0 saturated carbocycles. The number of carbonyl (C=O) groups excluding carboxylic acids is 1. The number of aliphatic hydroxyl groups is 1. The molecule has 3 atom stereocenters. The van der Waals surface area contributed by atoms with E-state index in [9.17, 15) is 9.90 Å². The molecule has 0 spiro atoms. The number of aromatic nitrogens is 2. The number of likely N-dealkylation sites (tertiary alicyclic amines) is 1. The summed E-state index contributed by atoms with van der Waals surface area (Å²) in [4.78, 5) is 26.8. The molecule has 9 heteroatoms. The van der Waals surface area contributed by atoms with Gasteiger partial charge in [-0.2, -0.15) is 4.98 Å². The molecule has 3 heterocycles. The molecule has 0 radical (unpaired) electrons. The first-order chi connectivity index (χ1) is 16.2. The molecule has 2 saturated heterocycles. The van der Waals surface area contributed by atoms with Gasteiger partial charge in [0.1, 0.15) is 12.4 Å². The summed E-state index contributed by atoms with van der Waals surface area (Å²) in [7, 11) is 4.34. The van der Waals surface area contributed by atoms with Crippen molar-refractivity contribution in [2.45, 2.75) is 57.5 Å². The Kier molecular flexibility index (Phi) is 7.06. The zero-order valence-electron chi connectivity index (χ0n) is 20.7. The number of nitrogens with one attached hydrogen (secondary N) is 1. The maximum absolute atomic E-state index is 12.0. The van der Waals surface area contributed by atoms with Crippen LogP contribution in [-0.2, 0) is 4.74 Å². The average Bonchev–Trinajstić information content (AvgIpc) is 3.10. The lowest BCUT2D eigenvalue weighted by Crippen LogP contribution is -2.45. The van der Waals surface area contributed by atoms with Crippen molar-refractivity contribution in [1.29, 1.82) is 0 Å². The Balaban J connectivity index is 1.39. The van der Waals surface area contributed by atoms with Crippen LogP contribution in [0.3, 0.4) is 0 Å². The summed E-state index contributed by atoms with van der Waals surface area (Å²) < 4.78 is 4.97. The van der Waals surface area contributed by atoms with Crippen molar-refractivity contribution < 1.29 is 14.6 Å². The standard InChI is InChI=1S/C25H36N6O3/c1-17(27-23-26-13-10-22(28-23)31-24(32)34-16-25(31,3)33)19-6-8-20(9-7-19)18(2)30-14-11-21(12-15-30)29(4)5/h6-10,13,17-18,21,33H,11-12,14-16H2,1-5H3,(H,26,27,28)/t17-,18?,25-/m0/s1. The van der Waals surface area contributed by atoms with Gasteiger partial charge in [-0.25, -0.2) is 14.7 Å². The quantitative estimate of drug-likeness (QED) is 0.639. The minimum Gasteiger partial charge on any atom is -0.444 e. The normalized spacial score (nSPS) is 23.7. The summed E-state index contributed by atoms with van der Waals surface area (Å²) in [6, 6.07) is 11.3. The molecular formula is C25H36N6O3. The molecule has 4 rings (SSSR count). The summed E-state index contributed by atoms with van der Waals surface area (Å²) in [5, 5.41) is 13.7. The van der Waals surface area contributed by atoms with Gasteiger partial charge in [-0.1, -0.05) is 24.3 Å².